The number of nitrogens with zero attached hydrogens (tertiary/aromatic N) is 13. The molecule has 14 nitrogen and oxygen atoms in total. The predicted octanol–water partition coefficient (Wildman–Crippen LogP) is 26.4. The minimum atomic E-state index is 0.221. The van der Waals surface area contributed by atoms with Crippen LogP contribution in [-0.4, -0.2) is 64.4 Å². The number of aromatic nitrogens is 13. The van der Waals surface area contributed by atoms with Crippen LogP contribution in [0.15, 0.2) is 374 Å². The van der Waals surface area contributed by atoms with Crippen molar-refractivity contribution in [2.45, 2.75) is 34.1 Å². The summed E-state index contributed by atoms with van der Waals surface area (Å²) in [7, 11) is 0. The Kier molecular flexibility index (Phi) is 17.6. The van der Waals surface area contributed by atoms with Crippen LogP contribution in [0, 0.1) is 13.8 Å². The minimum Gasteiger partial charge on any atom is -0.455 e. The molecule has 122 heavy (non-hydrogen) atoms. The Balaban J connectivity index is 0.591. The first-order valence-electron chi connectivity index (χ1n) is 40.4. The summed E-state index contributed by atoms with van der Waals surface area (Å²) >= 11 is 3.95. The molecule has 0 N–H and O–H groups in total. The number of fused-ring (bicyclic) bond motifs is 11. The van der Waals surface area contributed by atoms with E-state index in [0.29, 0.717) is 34.2 Å². The lowest BCUT2D eigenvalue weighted by molar-refractivity contribution is 0.670. The molecule has 12 heterocycles. The predicted molar refractivity (Wildman–Crippen MR) is 491 cm³/mol. The highest BCUT2D eigenvalue weighted by atomic mass is 32.2. The van der Waals surface area contributed by atoms with E-state index in [-0.39, 0.29) is 10.5 Å². The van der Waals surface area contributed by atoms with E-state index in [9.17, 15) is 0 Å². The molecule has 0 amide bonds. The largest absolute Gasteiger partial charge is 0.455 e. The van der Waals surface area contributed by atoms with Crippen molar-refractivity contribution in [2.75, 3.05) is 0 Å². The monoisotopic (exact) mass is 1600 g/mol. The zero-order chi connectivity index (χ0) is 80.9. The quantitative estimate of drug-likeness (QED) is 0.0948. The Morgan fingerprint density at radius 1 is 0.270 bits per heavy atom. The second-order valence-corrected chi connectivity index (χ2v) is 33.1. The summed E-state index contributed by atoms with van der Waals surface area (Å²) in [5, 5.41) is 4.30. The number of pyridine rings is 4. The SMILES string of the molecule is Cc1c(-c2cnccn2)cccc1-c1cccc(-n2c3cnc(-c4cccc(-c5ccc6c(c5)C5Sc7ccc(-c8cccc(-c9cc(-c%10nccc(-c%11ccccc%11)n%10)c%10oc%11c(-c%12nccc(-c%13ccccc%13)n%12)cc(-c%12cccnc%12-c%12ccccc%12)cc%11c%10c9)c8)cc7C5S6)c4)cc3c3cc(-c4cccnc4-c4cnccn4)ncc32)c1C. The number of rotatable bonds is 15. The van der Waals surface area contributed by atoms with Gasteiger partial charge in [-0.1, -0.05) is 176 Å². The topological polar surface area (TPSA) is 173 Å². The van der Waals surface area contributed by atoms with Crippen LogP contribution in [-0.2, 0) is 0 Å². The molecule has 0 spiro atoms. The van der Waals surface area contributed by atoms with Crippen molar-refractivity contribution < 1.29 is 4.42 Å². The Hall–Kier alpha value is -15.4. The van der Waals surface area contributed by atoms with E-state index in [0.717, 1.165) is 184 Å². The summed E-state index contributed by atoms with van der Waals surface area (Å²) in [6, 6.07) is 101. The van der Waals surface area contributed by atoms with Crippen molar-refractivity contribution in [3.8, 4) is 163 Å². The number of hydrogen-bond acceptors (Lipinski definition) is 15. The van der Waals surface area contributed by atoms with Gasteiger partial charge in [-0.3, -0.25) is 39.9 Å². The van der Waals surface area contributed by atoms with Crippen molar-refractivity contribution in [3.63, 3.8) is 0 Å². The average molecular weight is 1600 g/mol. The number of benzene rings is 11. The molecule has 2 aliphatic rings. The van der Waals surface area contributed by atoms with Gasteiger partial charge in [-0.25, -0.2) is 19.9 Å². The first kappa shape index (κ1) is 71.9. The van der Waals surface area contributed by atoms with E-state index in [1.807, 2.05) is 127 Å². The summed E-state index contributed by atoms with van der Waals surface area (Å²) < 4.78 is 9.67. The van der Waals surface area contributed by atoms with Crippen molar-refractivity contribution in [1.82, 2.24) is 64.4 Å². The molecular weight excluding hydrogens is 1540 g/mol. The van der Waals surface area contributed by atoms with Crippen LogP contribution in [0.4, 0.5) is 0 Å². The maximum absolute atomic E-state index is 7.35. The van der Waals surface area contributed by atoms with Gasteiger partial charge < -0.3 is 8.98 Å². The molecule has 0 saturated heterocycles. The standard InChI is InChI=1S/C106H67N13OS2/c1-62-75(28-14-30-77(62)92-58-107-44-46-109-92)76-29-15-33-94(63(76)2)119-95-60-115-90(56-80(95)81-57-91(116-61-96(81)119)79-32-17-41-112-100(79)93-59-108-45-47-110-93)72-27-13-25-68(49-72)71-35-37-98-85(51-71)104-103(122-98)84-50-70(34-36-97(84)121-104)67-24-12-26-69(48-67)73-52-82-83-54-74(78-31-16-40-111-99(78)66-22-10-5-11-23-66)55-87(106-114-43-39-89(118-106)65-20-8-4-9-21-65)102(83)120-101(82)86(53-73)105-113-42-38-88(117-105)64-18-6-3-7-19-64/h3-61,103-104H,1-2H3. The summed E-state index contributed by atoms with van der Waals surface area (Å²) in [6.07, 6.45) is 21.7. The van der Waals surface area contributed by atoms with E-state index in [1.165, 1.54) is 20.9 Å². The lowest BCUT2D eigenvalue weighted by Gasteiger charge is -2.17. The summed E-state index contributed by atoms with van der Waals surface area (Å²) in [5.74, 6) is 1.07. The van der Waals surface area contributed by atoms with Crippen LogP contribution in [0.25, 0.3) is 207 Å². The lowest BCUT2D eigenvalue weighted by atomic mass is 9.92. The number of hydrogen-bond donors (Lipinski definition) is 0. The first-order chi connectivity index (χ1) is 60.3. The Bertz CT molecular complexity index is 7760. The highest BCUT2D eigenvalue weighted by Gasteiger charge is 2.42. The first-order valence-corrected chi connectivity index (χ1v) is 42.2. The fraction of sp³-hybridized carbons (Fsp3) is 0.0377. The van der Waals surface area contributed by atoms with Gasteiger partial charge in [-0.15, -0.1) is 23.5 Å². The van der Waals surface area contributed by atoms with Crippen LogP contribution < -0.4 is 0 Å². The fourth-order valence-corrected chi connectivity index (χ4v) is 20.9. The Morgan fingerprint density at radius 3 is 1.37 bits per heavy atom. The van der Waals surface area contributed by atoms with E-state index >= 15 is 0 Å². The van der Waals surface area contributed by atoms with Crippen molar-refractivity contribution in [2.24, 2.45) is 0 Å². The molecule has 16 heteroatoms. The summed E-state index contributed by atoms with van der Waals surface area (Å²) in [4.78, 5) is 61.9. The van der Waals surface area contributed by atoms with E-state index in [2.05, 4.69) is 257 Å². The molecule has 10 aromatic heterocycles. The third-order valence-corrected chi connectivity index (χ3v) is 26.6. The molecule has 0 saturated carbocycles. The summed E-state index contributed by atoms with van der Waals surface area (Å²) in [5.41, 5.74) is 33.6. The highest BCUT2D eigenvalue weighted by Crippen LogP contribution is 2.67. The average Bonchev–Trinajstić information content (AvgIpc) is 1.59. The smallest absolute Gasteiger partial charge is 0.163 e. The maximum atomic E-state index is 7.35. The molecule has 23 rings (SSSR count). The van der Waals surface area contributed by atoms with Gasteiger partial charge in [0.1, 0.15) is 16.9 Å². The molecule has 11 aromatic carbocycles. The third-order valence-electron chi connectivity index (χ3n) is 23.6. The lowest BCUT2D eigenvalue weighted by Crippen LogP contribution is -2.00. The van der Waals surface area contributed by atoms with E-state index < -0.39 is 0 Å². The van der Waals surface area contributed by atoms with Crippen LogP contribution in [0.3, 0.4) is 0 Å². The van der Waals surface area contributed by atoms with Gasteiger partial charge in [0.15, 0.2) is 11.6 Å². The molecule has 2 unspecified atom stereocenters. The molecule has 0 aliphatic carbocycles. The van der Waals surface area contributed by atoms with Crippen molar-refractivity contribution in [3.05, 3.63) is 382 Å². The highest BCUT2D eigenvalue weighted by molar-refractivity contribution is 8.05. The molecule has 2 aliphatic heterocycles. The zero-order valence-electron chi connectivity index (χ0n) is 65.8. The van der Waals surface area contributed by atoms with Gasteiger partial charge in [-0.05, 0) is 195 Å². The molecule has 2 atom stereocenters. The van der Waals surface area contributed by atoms with Gasteiger partial charge in [0.2, 0.25) is 0 Å². The van der Waals surface area contributed by atoms with Gasteiger partial charge in [-0.2, -0.15) is 0 Å². The Morgan fingerprint density at radius 2 is 0.754 bits per heavy atom. The van der Waals surface area contributed by atoms with E-state index in [4.69, 9.17) is 44.3 Å². The zero-order valence-corrected chi connectivity index (χ0v) is 67.4. The van der Waals surface area contributed by atoms with Crippen LogP contribution in [0.5, 0.6) is 0 Å². The molecule has 0 bridgehead atoms. The minimum absolute atomic E-state index is 0.221. The van der Waals surface area contributed by atoms with E-state index in [1.54, 1.807) is 37.2 Å². The molecule has 0 radical (unpaired) electrons. The summed E-state index contributed by atoms with van der Waals surface area (Å²) in [6.45, 7) is 4.37. The van der Waals surface area contributed by atoms with Gasteiger partial charge in [0.25, 0.3) is 0 Å². The van der Waals surface area contributed by atoms with Gasteiger partial charge >= 0.3 is 0 Å². The Labute approximate surface area is 710 Å². The normalized spacial score (nSPS) is 13.4. The van der Waals surface area contributed by atoms with Gasteiger partial charge in [0.05, 0.1) is 97.3 Å². The van der Waals surface area contributed by atoms with Crippen molar-refractivity contribution in [1.29, 1.82) is 0 Å². The maximum Gasteiger partial charge on any atom is 0.163 e. The molecular formula is C106H67N13OS2. The second-order valence-electron chi connectivity index (χ2n) is 30.7. The van der Waals surface area contributed by atoms with Crippen LogP contribution in [0.2, 0.25) is 0 Å². The van der Waals surface area contributed by atoms with Crippen LogP contribution in [0.1, 0.15) is 32.8 Å². The molecule has 0 fully saturated rings. The molecule has 574 valence electrons. The fourth-order valence-electron chi connectivity index (χ4n) is 17.7. The number of furan rings is 1. The van der Waals surface area contributed by atoms with Crippen molar-refractivity contribution >= 4 is 67.3 Å². The van der Waals surface area contributed by atoms with Crippen LogP contribution >= 0.6 is 23.5 Å². The molecule has 21 aromatic rings. The van der Waals surface area contributed by atoms with Gasteiger partial charge in [0, 0.05) is 126 Å². The second kappa shape index (κ2) is 29.9. The number of thioether (sulfide) groups is 2. The third kappa shape index (κ3) is 12.6.